The zero-order valence-corrected chi connectivity index (χ0v) is 15.4. The molecule has 1 N–H and O–H groups in total. The summed E-state index contributed by atoms with van der Waals surface area (Å²) >= 11 is 0. The van der Waals surface area contributed by atoms with E-state index in [-0.39, 0.29) is 36.6 Å². The van der Waals surface area contributed by atoms with Crippen LogP contribution < -0.4 is 10.2 Å². The second kappa shape index (κ2) is 8.80. The Morgan fingerprint density at radius 2 is 1.62 bits per heavy atom. The van der Waals surface area contributed by atoms with E-state index in [1.165, 1.54) is 24.3 Å². The minimum absolute atomic E-state index is 0.179. The number of hydrogen-bond acceptors (Lipinski definition) is 6. The Kier molecular flexibility index (Phi) is 6.00. The number of nitriles is 1. The van der Waals surface area contributed by atoms with Gasteiger partial charge in [-0.15, -0.1) is 0 Å². The summed E-state index contributed by atoms with van der Waals surface area (Å²) in [4.78, 5) is 48.6. The number of rotatable bonds is 6. The first-order chi connectivity index (χ1) is 14.0. The van der Waals surface area contributed by atoms with Gasteiger partial charge in [-0.05, 0) is 42.0 Å². The van der Waals surface area contributed by atoms with Crippen molar-refractivity contribution in [3.63, 3.8) is 0 Å². The Hall–Kier alpha value is -3.99. The standard InChI is InChI=1S/C21H17N3O5/c22-12-11-14-1-5-16(6-2-14)23-18(25)13-29-21(28)15-3-7-17(8-4-15)24-19(26)9-10-20(24)27/h1-8H,9-11,13H2,(H,23,25). The molecule has 1 aliphatic rings. The first-order valence-corrected chi connectivity index (χ1v) is 8.86. The first kappa shape index (κ1) is 19.8. The molecule has 1 heterocycles. The fourth-order valence-electron chi connectivity index (χ4n) is 2.82. The topological polar surface area (TPSA) is 117 Å². The van der Waals surface area contributed by atoms with Crippen molar-refractivity contribution in [2.24, 2.45) is 0 Å². The number of anilines is 2. The molecule has 0 aromatic heterocycles. The first-order valence-electron chi connectivity index (χ1n) is 8.86. The molecule has 8 nitrogen and oxygen atoms in total. The van der Waals surface area contributed by atoms with Crippen molar-refractivity contribution in [3.8, 4) is 6.07 Å². The Labute approximate surface area is 166 Å². The fourth-order valence-corrected chi connectivity index (χ4v) is 2.82. The average molecular weight is 391 g/mol. The molecule has 0 bridgehead atoms. The summed E-state index contributed by atoms with van der Waals surface area (Å²) < 4.78 is 4.99. The van der Waals surface area contributed by atoms with Crippen molar-refractivity contribution < 1.29 is 23.9 Å². The van der Waals surface area contributed by atoms with Crippen LogP contribution in [0.4, 0.5) is 11.4 Å². The molecule has 0 radical (unpaired) electrons. The largest absolute Gasteiger partial charge is 0.452 e. The molecule has 0 atom stereocenters. The van der Waals surface area contributed by atoms with Crippen LogP contribution in [0, 0.1) is 11.3 Å². The summed E-state index contributed by atoms with van der Waals surface area (Å²) in [7, 11) is 0. The monoisotopic (exact) mass is 391 g/mol. The molecule has 1 fully saturated rings. The number of hydrogen-bond donors (Lipinski definition) is 1. The lowest BCUT2D eigenvalue weighted by Gasteiger charge is -2.14. The maximum absolute atomic E-state index is 12.1. The van der Waals surface area contributed by atoms with Gasteiger partial charge in [-0.1, -0.05) is 12.1 Å². The molecule has 29 heavy (non-hydrogen) atoms. The minimum atomic E-state index is -0.699. The highest BCUT2D eigenvalue weighted by molar-refractivity contribution is 6.19. The van der Waals surface area contributed by atoms with Crippen molar-refractivity contribution in [1.82, 2.24) is 0 Å². The van der Waals surface area contributed by atoms with Crippen molar-refractivity contribution in [2.45, 2.75) is 19.3 Å². The Balaban J connectivity index is 1.52. The molecule has 2 aromatic carbocycles. The van der Waals surface area contributed by atoms with Gasteiger partial charge in [-0.2, -0.15) is 5.26 Å². The summed E-state index contributed by atoms with van der Waals surface area (Å²) in [5, 5.41) is 11.2. The maximum atomic E-state index is 12.1. The highest BCUT2D eigenvalue weighted by Crippen LogP contribution is 2.23. The molecule has 0 spiro atoms. The number of ether oxygens (including phenoxy) is 1. The van der Waals surface area contributed by atoms with Crippen LogP contribution in [0.25, 0.3) is 0 Å². The highest BCUT2D eigenvalue weighted by Gasteiger charge is 2.30. The maximum Gasteiger partial charge on any atom is 0.338 e. The van der Waals surface area contributed by atoms with Gasteiger partial charge in [-0.3, -0.25) is 19.3 Å². The van der Waals surface area contributed by atoms with E-state index in [0.717, 1.165) is 10.5 Å². The number of esters is 1. The predicted molar refractivity (Wildman–Crippen MR) is 103 cm³/mol. The van der Waals surface area contributed by atoms with Crippen LogP contribution in [0.3, 0.4) is 0 Å². The van der Waals surface area contributed by atoms with Gasteiger partial charge < -0.3 is 10.1 Å². The molecule has 0 unspecified atom stereocenters. The van der Waals surface area contributed by atoms with Gasteiger partial charge in [0.15, 0.2) is 6.61 Å². The molecular formula is C21H17N3O5. The van der Waals surface area contributed by atoms with Crippen molar-refractivity contribution in [2.75, 3.05) is 16.8 Å². The normalized spacial score (nSPS) is 13.1. The number of carbonyl (C=O) groups excluding carboxylic acids is 4. The Morgan fingerprint density at radius 3 is 2.21 bits per heavy atom. The molecule has 1 saturated heterocycles. The number of imide groups is 1. The van der Waals surface area contributed by atoms with Crippen molar-refractivity contribution >= 4 is 35.1 Å². The quantitative estimate of drug-likeness (QED) is 0.596. The van der Waals surface area contributed by atoms with Gasteiger partial charge in [0.2, 0.25) is 11.8 Å². The lowest BCUT2D eigenvalue weighted by atomic mass is 10.1. The van der Waals surface area contributed by atoms with Crippen LogP contribution in [0.15, 0.2) is 48.5 Å². The van der Waals surface area contributed by atoms with Gasteiger partial charge in [0.25, 0.3) is 5.91 Å². The van der Waals surface area contributed by atoms with Crippen LogP contribution in [0.1, 0.15) is 28.8 Å². The molecule has 1 aliphatic heterocycles. The summed E-state index contributed by atoms with van der Waals surface area (Å²) in [5.41, 5.74) is 1.95. The second-order valence-corrected chi connectivity index (χ2v) is 6.33. The van der Waals surface area contributed by atoms with Gasteiger partial charge >= 0.3 is 5.97 Å². The van der Waals surface area contributed by atoms with Crippen molar-refractivity contribution in [1.29, 1.82) is 5.26 Å². The van der Waals surface area contributed by atoms with E-state index in [4.69, 9.17) is 10.00 Å². The summed E-state index contributed by atoms with van der Waals surface area (Å²) in [6.07, 6.45) is 0.641. The average Bonchev–Trinajstić information content (AvgIpc) is 3.06. The zero-order chi connectivity index (χ0) is 20.8. The van der Waals surface area contributed by atoms with Crippen LogP contribution in [-0.2, 0) is 25.5 Å². The summed E-state index contributed by atoms with van der Waals surface area (Å²) in [6, 6.07) is 14.6. The number of benzene rings is 2. The Bertz CT molecular complexity index is 974. The van der Waals surface area contributed by atoms with E-state index in [1.54, 1.807) is 24.3 Å². The molecule has 2 aromatic rings. The summed E-state index contributed by atoms with van der Waals surface area (Å²) in [5.74, 6) is -1.75. The third kappa shape index (κ3) is 4.84. The van der Waals surface area contributed by atoms with Crippen LogP contribution >= 0.6 is 0 Å². The van der Waals surface area contributed by atoms with Gasteiger partial charge in [0.1, 0.15) is 0 Å². The predicted octanol–water partition coefficient (Wildman–Crippen LogP) is 2.20. The van der Waals surface area contributed by atoms with Gasteiger partial charge in [-0.25, -0.2) is 4.79 Å². The van der Waals surface area contributed by atoms with E-state index < -0.39 is 18.5 Å². The molecule has 3 rings (SSSR count). The molecule has 3 amide bonds. The van der Waals surface area contributed by atoms with Gasteiger partial charge in [0, 0.05) is 18.5 Å². The number of nitrogens with one attached hydrogen (secondary N) is 1. The summed E-state index contributed by atoms with van der Waals surface area (Å²) in [6.45, 7) is -0.469. The van der Waals surface area contributed by atoms with E-state index in [1.807, 2.05) is 6.07 Å². The third-order valence-electron chi connectivity index (χ3n) is 4.27. The van der Waals surface area contributed by atoms with Crippen LogP contribution in [0.5, 0.6) is 0 Å². The van der Waals surface area contributed by atoms with E-state index in [9.17, 15) is 19.2 Å². The lowest BCUT2D eigenvalue weighted by Crippen LogP contribution is -2.28. The Morgan fingerprint density at radius 1 is 1.00 bits per heavy atom. The minimum Gasteiger partial charge on any atom is -0.452 e. The van der Waals surface area contributed by atoms with Crippen molar-refractivity contribution in [3.05, 3.63) is 59.7 Å². The van der Waals surface area contributed by atoms with Crippen LogP contribution in [-0.4, -0.2) is 30.3 Å². The molecule has 146 valence electrons. The lowest BCUT2D eigenvalue weighted by molar-refractivity contribution is -0.121. The van der Waals surface area contributed by atoms with Gasteiger partial charge in [0.05, 0.1) is 23.7 Å². The molecule has 0 saturated carbocycles. The van der Waals surface area contributed by atoms with Crippen LogP contribution in [0.2, 0.25) is 0 Å². The van der Waals surface area contributed by atoms with E-state index in [0.29, 0.717) is 11.4 Å². The second-order valence-electron chi connectivity index (χ2n) is 6.33. The smallest absolute Gasteiger partial charge is 0.338 e. The number of nitrogens with zero attached hydrogens (tertiary/aromatic N) is 2. The fraction of sp³-hybridized carbons (Fsp3) is 0.190. The molecular weight excluding hydrogens is 374 g/mol. The third-order valence-corrected chi connectivity index (χ3v) is 4.27. The molecule has 8 heteroatoms. The highest BCUT2D eigenvalue weighted by atomic mass is 16.5. The van der Waals surface area contributed by atoms with E-state index in [2.05, 4.69) is 5.32 Å². The molecule has 0 aliphatic carbocycles. The number of carbonyl (C=O) groups is 4. The zero-order valence-electron chi connectivity index (χ0n) is 15.4. The SMILES string of the molecule is N#CCc1ccc(NC(=O)COC(=O)c2ccc(N3C(=O)CCC3=O)cc2)cc1. The van der Waals surface area contributed by atoms with E-state index >= 15 is 0 Å². The number of amides is 3.